The van der Waals surface area contributed by atoms with E-state index in [1.54, 1.807) is 0 Å². The minimum absolute atomic E-state index is 0.0501. The van der Waals surface area contributed by atoms with Crippen LogP contribution in [0, 0.1) is 12.3 Å². The summed E-state index contributed by atoms with van der Waals surface area (Å²) in [4.78, 5) is 19.3. The van der Waals surface area contributed by atoms with Gasteiger partial charge in [0.15, 0.2) is 0 Å². The molecule has 1 saturated carbocycles. The van der Waals surface area contributed by atoms with Crippen molar-refractivity contribution in [3.63, 3.8) is 0 Å². The summed E-state index contributed by atoms with van der Waals surface area (Å²) < 4.78 is 6.47. The topological polar surface area (TPSA) is 54.5 Å². The van der Waals surface area contributed by atoms with Crippen LogP contribution in [-0.4, -0.2) is 35.8 Å². The van der Waals surface area contributed by atoms with Gasteiger partial charge in [-0.1, -0.05) is 27.5 Å². The summed E-state index contributed by atoms with van der Waals surface area (Å²) in [7, 11) is 0. The van der Waals surface area contributed by atoms with Gasteiger partial charge in [0.25, 0.3) is 0 Å². The summed E-state index contributed by atoms with van der Waals surface area (Å²) in [6.45, 7) is 9.16. The minimum Gasteiger partial charge on any atom is -0.444 e. The highest BCUT2D eigenvalue weighted by Gasteiger charge is 2.56. The Kier molecular flexibility index (Phi) is 4.78. The number of ether oxygens (including phenoxy) is 1. The molecule has 0 bridgehead atoms. The van der Waals surface area contributed by atoms with Crippen LogP contribution in [-0.2, 0) is 4.74 Å². The number of nitrogens with one attached hydrogen (secondary N) is 1. The first-order valence-electron chi connectivity index (χ1n) is 9.58. The second-order valence-corrected chi connectivity index (χ2v) is 10.3. The third-order valence-electron chi connectivity index (χ3n) is 5.57. The number of amides is 1. The van der Waals surface area contributed by atoms with Crippen molar-refractivity contribution in [3.8, 4) is 0 Å². The normalized spacial score (nSPS) is 20.6. The maximum Gasteiger partial charge on any atom is 0.407 e. The molecule has 7 heteroatoms. The first kappa shape index (κ1) is 19.8. The van der Waals surface area contributed by atoms with Gasteiger partial charge < -0.3 is 15.0 Å². The molecule has 1 N–H and O–H groups in total. The number of aromatic nitrogens is 1. The van der Waals surface area contributed by atoms with Gasteiger partial charge in [-0.25, -0.2) is 4.79 Å². The molecular weight excluding hydrogens is 442 g/mol. The van der Waals surface area contributed by atoms with E-state index in [0.29, 0.717) is 11.6 Å². The highest BCUT2D eigenvalue weighted by molar-refractivity contribution is 9.10. The summed E-state index contributed by atoms with van der Waals surface area (Å²) in [5, 5.41) is 4.82. The number of benzene rings is 1. The van der Waals surface area contributed by atoms with Gasteiger partial charge in [-0.3, -0.25) is 4.98 Å². The van der Waals surface area contributed by atoms with Crippen LogP contribution in [0.4, 0.5) is 10.5 Å². The van der Waals surface area contributed by atoms with Gasteiger partial charge in [0.2, 0.25) is 0 Å². The number of carbonyl (C=O) groups is 1. The molecule has 2 aromatic rings. The fourth-order valence-electron chi connectivity index (χ4n) is 4.08. The number of hydrogen-bond acceptors (Lipinski definition) is 4. The van der Waals surface area contributed by atoms with Crippen LogP contribution in [0.5, 0.6) is 0 Å². The number of anilines is 1. The first-order chi connectivity index (χ1) is 13.1. The van der Waals surface area contributed by atoms with Gasteiger partial charge in [0.05, 0.1) is 28.0 Å². The van der Waals surface area contributed by atoms with Crippen molar-refractivity contribution in [1.29, 1.82) is 0 Å². The number of alkyl carbamates (subject to hydrolysis) is 1. The lowest BCUT2D eigenvalue weighted by Gasteiger charge is -2.24. The lowest BCUT2D eigenvalue weighted by atomic mass is 10.0. The van der Waals surface area contributed by atoms with E-state index in [2.05, 4.69) is 37.2 Å². The third kappa shape index (κ3) is 3.69. The summed E-state index contributed by atoms with van der Waals surface area (Å²) in [5.41, 5.74) is 2.35. The SMILES string of the molecule is Cc1nc2ccc(Br)cc2c(N2C[C@@H](NC(=O)OC(C)(C)C)C3(CC3)C2)c1Cl. The summed E-state index contributed by atoms with van der Waals surface area (Å²) in [6, 6.07) is 6.11. The third-order valence-corrected chi connectivity index (χ3v) is 6.52. The van der Waals surface area contributed by atoms with Crippen molar-refractivity contribution in [3.05, 3.63) is 33.4 Å². The van der Waals surface area contributed by atoms with Crippen molar-refractivity contribution in [2.75, 3.05) is 18.0 Å². The standard InChI is InChI=1S/C21H25BrClN3O2/c1-12-17(23)18(14-9-13(22)5-6-15(14)24-12)26-10-16(21(11-26)7-8-21)25-19(27)28-20(2,3)4/h5-6,9,16H,7-8,10-11H2,1-4H3,(H,25,27)/t16-/m1/s1. The Balaban J connectivity index is 1.66. The van der Waals surface area contributed by atoms with Gasteiger partial charge in [0, 0.05) is 28.4 Å². The van der Waals surface area contributed by atoms with Crippen molar-refractivity contribution in [1.82, 2.24) is 10.3 Å². The molecule has 2 heterocycles. The van der Waals surface area contributed by atoms with Crippen LogP contribution in [0.15, 0.2) is 22.7 Å². The Morgan fingerprint density at radius 2 is 2.11 bits per heavy atom. The predicted molar refractivity (Wildman–Crippen MR) is 116 cm³/mol. The zero-order valence-corrected chi connectivity index (χ0v) is 18.9. The first-order valence-corrected chi connectivity index (χ1v) is 10.7. The molecule has 4 rings (SSSR count). The molecule has 1 aromatic heterocycles. The van der Waals surface area contributed by atoms with Crippen LogP contribution in [0.3, 0.4) is 0 Å². The molecule has 1 saturated heterocycles. The average Bonchev–Trinajstić information content (AvgIpc) is 3.26. The zero-order valence-electron chi connectivity index (χ0n) is 16.6. The maximum atomic E-state index is 12.4. The van der Waals surface area contributed by atoms with Crippen molar-refractivity contribution in [2.45, 2.75) is 52.2 Å². The van der Waals surface area contributed by atoms with E-state index in [1.807, 2.05) is 39.8 Å². The van der Waals surface area contributed by atoms with Gasteiger partial charge >= 0.3 is 6.09 Å². The molecule has 1 aliphatic heterocycles. The number of halogens is 2. The van der Waals surface area contributed by atoms with Crippen LogP contribution < -0.4 is 10.2 Å². The summed E-state index contributed by atoms with van der Waals surface area (Å²) in [6.07, 6.45) is 1.86. The van der Waals surface area contributed by atoms with Crippen LogP contribution in [0.2, 0.25) is 5.02 Å². The largest absolute Gasteiger partial charge is 0.444 e. The van der Waals surface area contributed by atoms with E-state index in [9.17, 15) is 4.79 Å². The molecule has 1 spiro atoms. The highest BCUT2D eigenvalue weighted by Crippen LogP contribution is 2.54. The summed E-state index contributed by atoms with van der Waals surface area (Å²) in [5.74, 6) is 0. The van der Waals surface area contributed by atoms with E-state index in [-0.39, 0.29) is 17.6 Å². The van der Waals surface area contributed by atoms with Crippen molar-refractivity contribution >= 4 is 50.2 Å². The maximum absolute atomic E-state index is 12.4. The minimum atomic E-state index is -0.507. The quantitative estimate of drug-likeness (QED) is 0.639. The van der Waals surface area contributed by atoms with Gasteiger partial charge in [0.1, 0.15) is 5.60 Å². The highest BCUT2D eigenvalue weighted by atomic mass is 79.9. The lowest BCUT2D eigenvalue weighted by molar-refractivity contribution is 0.0493. The molecular formula is C21H25BrClN3O2. The zero-order chi connectivity index (χ0) is 20.3. The molecule has 0 unspecified atom stereocenters. The molecule has 5 nitrogen and oxygen atoms in total. The molecule has 1 aromatic carbocycles. The average molecular weight is 467 g/mol. The number of hydrogen-bond donors (Lipinski definition) is 1. The summed E-state index contributed by atoms with van der Waals surface area (Å²) >= 11 is 10.3. The van der Waals surface area contributed by atoms with Gasteiger partial charge in [-0.15, -0.1) is 0 Å². The second-order valence-electron chi connectivity index (χ2n) is 8.96. The molecule has 1 aliphatic carbocycles. The van der Waals surface area contributed by atoms with E-state index in [1.165, 1.54) is 0 Å². The lowest BCUT2D eigenvalue weighted by Crippen LogP contribution is -2.44. The van der Waals surface area contributed by atoms with E-state index in [4.69, 9.17) is 16.3 Å². The Labute approximate surface area is 178 Å². The Bertz CT molecular complexity index is 953. The van der Waals surface area contributed by atoms with Crippen molar-refractivity contribution in [2.24, 2.45) is 5.41 Å². The molecule has 0 radical (unpaired) electrons. The molecule has 1 atom stereocenters. The molecule has 150 valence electrons. The van der Waals surface area contributed by atoms with E-state index >= 15 is 0 Å². The van der Waals surface area contributed by atoms with Gasteiger partial charge in [-0.2, -0.15) is 0 Å². The molecule has 2 aliphatic rings. The number of carbonyl (C=O) groups excluding carboxylic acids is 1. The fraction of sp³-hybridized carbons (Fsp3) is 0.524. The number of rotatable bonds is 2. The number of aryl methyl sites for hydroxylation is 1. The number of pyridine rings is 1. The number of nitrogens with zero attached hydrogens (tertiary/aromatic N) is 2. The van der Waals surface area contributed by atoms with E-state index in [0.717, 1.165) is 46.1 Å². The van der Waals surface area contributed by atoms with Crippen LogP contribution in [0.1, 0.15) is 39.3 Å². The Hall–Kier alpha value is -1.53. The Morgan fingerprint density at radius 1 is 1.39 bits per heavy atom. The Morgan fingerprint density at radius 3 is 2.75 bits per heavy atom. The smallest absolute Gasteiger partial charge is 0.407 e. The van der Waals surface area contributed by atoms with Crippen LogP contribution in [0.25, 0.3) is 10.9 Å². The molecule has 28 heavy (non-hydrogen) atoms. The fourth-order valence-corrected chi connectivity index (χ4v) is 4.70. The second kappa shape index (κ2) is 6.77. The number of fused-ring (bicyclic) bond motifs is 1. The van der Waals surface area contributed by atoms with Crippen LogP contribution >= 0.6 is 27.5 Å². The van der Waals surface area contributed by atoms with E-state index < -0.39 is 5.60 Å². The monoisotopic (exact) mass is 465 g/mol. The molecule has 2 fully saturated rings. The van der Waals surface area contributed by atoms with Crippen molar-refractivity contribution < 1.29 is 9.53 Å². The van der Waals surface area contributed by atoms with Gasteiger partial charge in [-0.05, 0) is 58.7 Å². The molecule has 1 amide bonds. The predicted octanol–water partition coefficient (Wildman–Crippen LogP) is 5.45.